The first-order valence-corrected chi connectivity index (χ1v) is 7.93. The molecule has 0 saturated heterocycles. The van der Waals surface area contributed by atoms with Crippen LogP contribution in [0.4, 0.5) is 0 Å². The van der Waals surface area contributed by atoms with Crippen LogP contribution in [0.1, 0.15) is 18.2 Å². The molecule has 3 nitrogen and oxygen atoms in total. The van der Waals surface area contributed by atoms with E-state index in [1.807, 2.05) is 25.1 Å². The average Bonchev–Trinajstić information content (AvgIpc) is 2.55. The van der Waals surface area contributed by atoms with Gasteiger partial charge in [0, 0.05) is 22.7 Å². The maximum Gasteiger partial charge on any atom is 0.197 e. The van der Waals surface area contributed by atoms with E-state index in [-0.39, 0.29) is 5.43 Å². The van der Waals surface area contributed by atoms with Crippen LogP contribution in [-0.2, 0) is 6.42 Å². The van der Waals surface area contributed by atoms with Gasteiger partial charge in [0.1, 0.15) is 5.75 Å². The number of fused-ring (bicyclic) bond motifs is 1. The molecule has 1 N–H and O–H groups in total. The zero-order valence-corrected chi connectivity index (χ0v) is 14.1. The largest absolute Gasteiger partial charge is 0.495 e. The SMILES string of the molecule is CCc1ccccc1-c1c(C)[nH]c2cc(OC)c(Cl)cc2c1=O. The number of ether oxygens (including phenoxy) is 1. The Balaban J connectivity index is 2.37. The summed E-state index contributed by atoms with van der Waals surface area (Å²) in [4.78, 5) is 16.4. The van der Waals surface area contributed by atoms with E-state index in [1.165, 1.54) is 0 Å². The quantitative estimate of drug-likeness (QED) is 0.755. The van der Waals surface area contributed by atoms with E-state index in [0.717, 1.165) is 28.8 Å². The van der Waals surface area contributed by atoms with Crippen LogP contribution in [0.5, 0.6) is 5.75 Å². The molecule has 0 radical (unpaired) electrons. The number of methoxy groups -OCH3 is 1. The van der Waals surface area contributed by atoms with Crippen LogP contribution in [0.3, 0.4) is 0 Å². The van der Waals surface area contributed by atoms with Gasteiger partial charge in [0.25, 0.3) is 0 Å². The van der Waals surface area contributed by atoms with Crippen molar-refractivity contribution in [1.82, 2.24) is 4.98 Å². The third-order valence-corrected chi connectivity index (χ3v) is 4.42. The second-order valence-electron chi connectivity index (χ2n) is 5.50. The lowest BCUT2D eigenvalue weighted by Gasteiger charge is -2.13. The maximum absolute atomic E-state index is 13.1. The molecule has 0 amide bonds. The van der Waals surface area contributed by atoms with Gasteiger partial charge in [-0.1, -0.05) is 42.8 Å². The fourth-order valence-corrected chi connectivity index (χ4v) is 3.21. The highest BCUT2D eigenvalue weighted by Crippen LogP contribution is 2.30. The molecule has 3 aromatic rings. The van der Waals surface area contributed by atoms with Crippen molar-refractivity contribution in [3.8, 4) is 16.9 Å². The van der Waals surface area contributed by atoms with Crippen molar-refractivity contribution in [1.29, 1.82) is 0 Å². The Morgan fingerprint density at radius 1 is 1.22 bits per heavy atom. The first kappa shape index (κ1) is 15.6. The Morgan fingerprint density at radius 2 is 1.96 bits per heavy atom. The van der Waals surface area contributed by atoms with Gasteiger partial charge in [0.05, 0.1) is 17.6 Å². The third kappa shape index (κ3) is 2.62. The monoisotopic (exact) mass is 327 g/mol. The fourth-order valence-electron chi connectivity index (χ4n) is 2.97. The molecule has 0 aliphatic heterocycles. The molecule has 0 unspecified atom stereocenters. The van der Waals surface area contributed by atoms with E-state index in [1.54, 1.807) is 19.2 Å². The molecule has 0 atom stereocenters. The molecule has 4 heteroatoms. The molecule has 0 bridgehead atoms. The van der Waals surface area contributed by atoms with Crippen LogP contribution in [0, 0.1) is 6.92 Å². The first-order valence-electron chi connectivity index (χ1n) is 7.55. The van der Waals surface area contributed by atoms with Crippen LogP contribution < -0.4 is 10.2 Å². The summed E-state index contributed by atoms with van der Waals surface area (Å²) in [6, 6.07) is 11.4. The number of aromatic amines is 1. The molecule has 2 aromatic carbocycles. The van der Waals surface area contributed by atoms with E-state index in [4.69, 9.17) is 16.3 Å². The minimum absolute atomic E-state index is 0.0123. The second-order valence-corrected chi connectivity index (χ2v) is 5.90. The van der Waals surface area contributed by atoms with Gasteiger partial charge in [-0.25, -0.2) is 0 Å². The van der Waals surface area contributed by atoms with Crippen molar-refractivity contribution < 1.29 is 4.74 Å². The van der Waals surface area contributed by atoms with Gasteiger partial charge in [0.2, 0.25) is 0 Å². The Morgan fingerprint density at radius 3 is 2.65 bits per heavy atom. The zero-order chi connectivity index (χ0) is 16.6. The molecule has 1 heterocycles. The third-order valence-electron chi connectivity index (χ3n) is 4.13. The molecular formula is C19H18ClNO2. The lowest BCUT2D eigenvalue weighted by Crippen LogP contribution is -2.11. The highest BCUT2D eigenvalue weighted by Gasteiger charge is 2.15. The zero-order valence-electron chi connectivity index (χ0n) is 13.4. The molecule has 118 valence electrons. The van der Waals surface area contributed by atoms with Gasteiger partial charge in [-0.15, -0.1) is 0 Å². The number of rotatable bonds is 3. The van der Waals surface area contributed by atoms with E-state index in [9.17, 15) is 4.79 Å². The molecule has 0 aliphatic carbocycles. The average molecular weight is 328 g/mol. The van der Waals surface area contributed by atoms with Crippen molar-refractivity contribution in [2.24, 2.45) is 0 Å². The highest BCUT2D eigenvalue weighted by atomic mass is 35.5. The number of nitrogens with one attached hydrogen (secondary N) is 1. The van der Waals surface area contributed by atoms with Crippen molar-refractivity contribution in [3.63, 3.8) is 0 Å². The molecule has 0 saturated carbocycles. The van der Waals surface area contributed by atoms with E-state index in [0.29, 0.717) is 21.7 Å². The Kier molecular flexibility index (Phi) is 4.14. The topological polar surface area (TPSA) is 42.1 Å². The number of aryl methyl sites for hydroxylation is 2. The summed E-state index contributed by atoms with van der Waals surface area (Å²) in [6.45, 7) is 4.01. The number of pyridine rings is 1. The number of halogens is 1. The normalized spacial score (nSPS) is 11.0. The van der Waals surface area contributed by atoms with Crippen LogP contribution >= 0.6 is 11.6 Å². The predicted octanol–water partition coefficient (Wildman–Crippen LogP) is 4.73. The molecule has 0 spiro atoms. The fraction of sp³-hybridized carbons (Fsp3) is 0.211. The van der Waals surface area contributed by atoms with Crippen molar-refractivity contribution in [2.75, 3.05) is 7.11 Å². The number of benzene rings is 2. The molecule has 23 heavy (non-hydrogen) atoms. The summed E-state index contributed by atoms with van der Waals surface area (Å²) >= 11 is 6.19. The molecular weight excluding hydrogens is 310 g/mol. The van der Waals surface area contributed by atoms with E-state index >= 15 is 0 Å². The highest BCUT2D eigenvalue weighted by molar-refractivity contribution is 6.32. The minimum atomic E-state index is -0.0123. The number of H-pyrrole nitrogens is 1. The lowest BCUT2D eigenvalue weighted by atomic mass is 9.95. The van der Waals surface area contributed by atoms with Gasteiger partial charge in [-0.3, -0.25) is 4.79 Å². The van der Waals surface area contributed by atoms with Gasteiger partial charge >= 0.3 is 0 Å². The smallest absolute Gasteiger partial charge is 0.197 e. The first-order chi connectivity index (χ1) is 11.1. The van der Waals surface area contributed by atoms with E-state index < -0.39 is 0 Å². The van der Waals surface area contributed by atoms with Crippen LogP contribution in [0.25, 0.3) is 22.0 Å². The Bertz CT molecular complexity index is 944. The number of hydrogen-bond donors (Lipinski definition) is 1. The summed E-state index contributed by atoms with van der Waals surface area (Å²) in [5.41, 5.74) is 4.39. The molecule has 1 aromatic heterocycles. The summed E-state index contributed by atoms with van der Waals surface area (Å²) in [5, 5.41) is 1.01. The number of aromatic nitrogens is 1. The lowest BCUT2D eigenvalue weighted by molar-refractivity contribution is 0.415. The van der Waals surface area contributed by atoms with E-state index in [2.05, 4.69) is 18.0 Å². The number of hydrogen-bond acceptors (Lipinski definition) is 2. The van der Waals surface area contributed by atoms with Crippen LogP contribution in [-0.4, -0.2) is 12.1 Å². The van der Waals surface area contributed by atoms with Crippen molar-refractivity contribution in [2.45, 2.75) is 20.3 Å². The summed E-state index contributed by atoms with van der Waals surface area (Å²) < 4.78 is 5.23. The Labute approximate surface area is 139 Å². The summed E-state index contributed by atoms with van der Waals surface area (Å²) in [6.07, 6.45) is 0.871. The second kappa shape index (κ2) is 6.09. The summed E-state index contributed by atoms with van der Waals surface area (Å²) in [7, 11) is 1.56. The van der Waals surface area contributed by atoms with Gasteiger partial charge < -0.3 is 9.72 Å². The summed E-state index contributed by atoms with van der Waals surface area (Å²) in [5.74, 6) is 0.552. The van der Waals surface area contributed by atoms with Crippen molar-refractivity contribution >= 4 is 22.5 Å². The van der Waals surface area contributed by atoms with Crippen LogP contribution in [0.15, 0.2) is 41.2 Å². The standard InChI is InChI=1S/C19H18ClNO2/c1-4-12-7-5-6-8-13(12)18-11(2)21-16-10-17(23-3)15(20)9-14(16)19(18)22/h5-10H,4H2,1-3H3,(H,21,22). The van der Waals surface area contributed by atoms with Gasteiger partial charge in [-0.05, 0) is 30.5 Å². The maximum atomic E-state index is 13.1. The predicted molar refractivity (Wildman–Crippen MR) is 95.7 cm³/mol. The van der Waals surface area contributed by atoms with Crippen LogP contribution in [0.2, 0.25) is 5.02 Å². The minimum Gasteiger partial charge on any atom is -0.495 e. The molecule has 3 rings (SSSR count). The van der Waals surface area contributed by atoms with Gasteiger partial charge in [0.15, 0.2) is 5.43 Å². The van der Waals surface area contributed by atoms with Gasteiger partial charge in [-0.2, -0.15) is 0 Å². The molecule has 0 fully saturated rings. The van der Waals surface area contributed by atoms with Crippen molar-refractivity contribution in [3.05, 3.63) is 62.9 Å². The molecule has 0 aliphatic rings. The Hall–Kier alpha value is -2.26.